The molecule has 2 unspecified atom stereocenters. The molecular formula is C13H19NO2. The lowest BCUT2D eigenvalue weighted by atomic mass is 9.91. The van der Waals surface area contributed by atoms with Crippen LogP contribution in [0.2, 0.25) is 0 Å². The highest BCUT2D eigenvalue weighted by Crippen LogP contribution is 2.33. The molecule has 1 saturated heterocycles. The van der Waals surface area contributed by atoms with Crippen molar-refractivity contribution in [1.82, 2.24) is 0 Å². The molecule has 1 aromatic rings. The lowest BCUT2D eigenvalue weighted by Crippen LogP contribution is -2.25. The highest BCUT2D eigenvalue weighted by Gasteiger charge is 2.27. The van der Waals surface area contributed by atoms with Gasteiger partial charge in [-0.1, -0.05) is 18.2 Å². The molecule has 2 atom stereocenters. The third-order valence-electron chi connectivity index (χ3n) is 3.21. The van der Waals surface area contributed by atoms with Crippen LogP contribution >= 0.6 is 0 Å². The quantitative estimate of drug-likeness (QED) is 0.844. The second-order valence-electron chi connectivity index (χ2n) is 4.14. The van der Waals surface area contributed by atoms with Crippen LogP contribution in [0.4, 0.5) is 0 Å². The molecule has 0 amide bonds. The SMILES string of the molecule is COc1ccccc1C(CN)C1CCCO1. The van der Waals surface area contributed by atoms with Crippen LogP contribution in [0.1, 0.15) is 24.3 Å². The van der Waals surface area contributed by atoms with Gasteiger partial charge in [0.05, 0.1) is 13.2 Å². The Morgan fingerprint density at radius 3 is 2.94 bits per heavy atom. The van der Waals surface area contributed by atoms with Gasteiger partial charge in [-0.05, 0) is 18.9 Å². The highest BCUT2D eigenvalue weighted by molar-refractivity contribution is 5.37. The summed E-state index contributed by atoms with van der Waals surface area (Å²) in [7, 11) is 1.70. The third kappa shape index (κ3) is 2.20. The lowest BCUT2D eigenvalue weighted by Gasteiger charge is -2.23. The van der Waals surface area contributed by atoms with E-state index < -0.39 is 0 Å². The zero-order chi connectivity index (χ0) is 11.4. The standard InChI is InChI=1S/C13H19NO2/c1-15-12-6-3-2-5-10(12)11(9-14)13-7-4-8-16-13/h2-3,5-6,11,13H,4,7-9,14H2,1H3. The highest BCUT2D eigenvalue weighted by atomic mass is 16.5. The maximum Gasteiger partial charge on any atom is 0.122 e. The fourth-order valence-electron chi connectivity index (χ4n) is 2.37. The van der Waals surface area contributed by atoms with E-state index in [1.54, 1.807) is 7.11 Å². The number of rotatable bonds is 4. The normalized spacial score (nSPS) is 22.0. The van der Waals surface area contributed by atoms with Crippen molar-refractivity contribution in [2.75, 3.05) is 20.3 Å². The number of benzene rings is 1. The van der Waals surface area contributed by atoms with Crippen LogP contribution in [-0.4, -0.2) is 26.4 Å². The van der Waals surface area contributed by atoms with Gasteiger partial charge in [0.15, 0.2) is 0 Å². The fourth-order valence-corrected chi connectivity index (χ4v) is 2.37. The van der Waals surface area contributed by atoms with Gasteiger partial charge < -0.3 is 15.2 Å². The van der Waals surface area contributed by atoms with E-state index in [2.05, 4.69) is 6.07 Å². The van der Waals surface area contributed by atoms with E-state index in [0.717, 1.165) is 25.2 Å². The van der Waals surface area contributed by atoms with Crippen LogP contribution in [0, 0.1) is 0 Å². The fraction of sp³-hybridized carbons (Fsp3) is 0.538. The summed E-state index contributed by atoms with van der Waals surface area (Å²) < 4.78 is 11.1. The Morgan fingerprint density at radius 2 is 2.31 bits per heavy atom. The van der Waals surface area contributed by atoms with E-state index in [0.29, 0.717) is 6.54 Å². The molecule has 1 aliphatic rings. The summed E-state index contributed by atoms with van der Waals surface area (Å²) in [6.07, 6.45) is 2.48. The predicted octanol–water partition coefficient (Wildman–Crippen LogP) is 1.92. The Balaban J connectivity index is 2.24. The Morgan fingerprint density at radius 1 is 1.50 bits per heavy atom. The van der Waals surface area contributed by atoms with Gasteiger partial charge in [0.25, 0.3) is 0 Å². The van der Waals surface area contributed by atoms with Crippen LogP contribution in [-0.2, 0) is 4.74 Å². The summed E-state index contributed by atoms with van der Waals surface area (Å²) in [5.74, 6) is 1.16. The van der Waals surface area contributed by atoms with Crippen molar-refractivity contribution in [2.24, 2.45) is 5.73 Å². The first-order valence-corrected chi connectivity index (χ1v) is 5.81. The van der Waals surface area contributed by atoms with E-state index in [1.165, 1.54) is 5.56 Å². The molecule has 1 aromatic carbocycles. The summed E-state index contributed by atoms with van der Waals surface area (Å²) in [5.41, 5.74) is 7.04. The third-order valence-corrected chi connectivity index (χ3v) is 3.21. The smallest absolute Gasteiger partial charge is 0.122 e. The molecule has 0 aromatic heterocycles. The van der Waals surface area contributed by atoms with E-state index in [4.69, 9.17) is 15.2 Å². The number of para-hydroxylation sites is 1. The van der Waals surface area contributed by atoms with Crippen molar-refractivity contribution in [2.45, 2.75) is 24.9 Å². The molecule has 1 heterocycles. The molecule has 16 heavy (non-hydrogen) atoms. The minimum absolute atomic E-state index is 0.249. The average molecular weight is 221 g/mol. The largest absolute Gasteiger partial charge is 0.496 e. The van der Waals surface area contributed by atoms with Crippen LogP contribution in [0.15, 0.2) is 24.3 Å². The summed E-state index contributed by atoms with van der Waals surface area (Å²) >= 11 is 0. The van der Waals surface area contributed by atoms with Gasteiger partial charge in [-0.2, -0.15) is 0 Å². The monoisotopic (exact) mass is 221 g/mol. The molecule has 0 spiro atoms. The van der Waals surface area contributed by atoms with E-state index in [1.807, 2.05) is 18.2 Å². The van der Waals surface area contributed by atoms with Crippen LogP contribution < -0.4 is 10.5 Å². The number of methoxy groups -OCH3 is 1. The number of ether oxygens (including phenoxy) is 2. The van der Waals surface area contributed by atoms with Crippen molar-refractivity contribution >= 4 is 0 Å². The number of hydrogen-bond acceptors (Lipinski definition) is 3. The van der Waals surface area contributed by atoms with Gasteiger partial charge in [-0.25, -0.2) is 0 Å². The topological polar surface area (TPSA) is 44.5 Å². The van der Waals surface area contributed by atoms with Crippen molar-refractivity contribution < 1.29 is 9.47 Å². The zero-order valence-corrected chi connectivity index (χ0v) is 9.69. The Kier molecular flexibility index (Phi) is 3.80. The molecule has 1 fully saturated rings. The van der Waals surface area contributed by atoms with Crippen molar-refractivity contribution in [1.29, 1.82) is 0 Å². The molecule has 88 valence electrons. The molecule has 0 bridgehead atoms. The molecule has 3 heteroatoms. The minimum Gasteiger partial charge on any atom is -0.496 e. The molecule has 3 nitrogen and oxygen atoms in total. The van der Waals surface area contributed by atoms with E-state index in [-0.39, 0.29) is 12.0 Å². The van der Waals surface area contributed by atoms with E-state index >= 15 is 0 Å². The maximum atomic E-state index is 5.87. The van der Waals surface area contributed by atoms with E-state index in [9.17, 15) is 0 Å². The maximum absolute atomic E-state index is 5.87. The first-order chi connectivity index (χ1) is 7.86. The molecule has 0 aliphatic carbocycles. The average Bonchev–Trinajstić information content (AvgIpc) is 2.84. The zero-order valence-electron chi connectivity index (χ0n) is 9.69. The summed E-state index contributed by atoms with van der Waals surface area (Å²) in [4.78, 5) is 0. The molecule has 1 aliphatic heterocycles. The molecule has 0 saturated carbocycles. The first kappa shape index (κ1) is 11.4. The van der Waals surface area contributed by atoms with Crippen LogP contribution in [0.3, 0.4) is 0 Å². The van der Waals surface area contributed by atoms with Gasteiger partial charge >= 0.3 is 0 Å². The van der Waals surface area contributed by atoms with Gasteiger partial charge in [0.2, 0.25) is 0 Å². The van der Waals surface area contributed by atoms with Gasteiger partial charge in [-0.15, -0.1) is 0 Å². The Labute approximate surface area is 96.5 Å². The first-order valence-electron chi connectivity index (χ1n) is 5.81. The van der Waals surface area contributed by atoms with Crippen molar-refractivity contribution in [3.05, 3.63) is 29.8 Å². The van der Waals surface area contributed by atoms with Crippen LogP contribution in [0.5, 0.6) is 5.75 Å². The lowest BCUT2D eigenvalue weighted by molar-refractivity contribution is 0.0898. The summed E-state index contributed by atoms with van der Waals surface area (Å²) in [6.45, 7) is 1.46. The second kappa shape index (κ2) is 5.32. The second-order valence-corrected chi connectivity index (χ2v) is 4.14. The molecule has 2 N–H and O–H groups in total. The van der Waals surface area contributed by atoms with Gasteiger partial charge in [-0.3, -0.25) is 0 Å². The van der Waals surface area contributed by atoms with Crippen molar-refractivity contribution in [3.63, 3.8) is 0 Å². The Bertz CT molecular complexity index is 334. The molecule has 0 radical (unpaired) electrons. The number of nitrogens with two attached hydrogens (primary N) is 1. The Hall–Kier alpha value is -1.06. The van der Waals surface area contributed by atoms with Gasteiger partial charge in [0.1, 0.15) is 5.75 Å². The van der Waals surface area contributed by atoms with Crippen molar-refractivity contribution in [3.8, 4) is 5.75 Å². The van der Waals surface area contributed by atoms with Gasteiger partial charge in [0, 0.05) is 24.6 Å². The predicted molar refractivity (Wildman–Crippen MR) is 63.8 cm³/mol. The number of hydrogen-bond donors (Lipinski definition) is 1. The van der Waals surface area contributed by atoms with Crippen LogP contribution in [0.25, 0.3) is 0 Å². The molecule has 2 rings (SSSR count). The summed E-state index contributed by atoms with van der Waals surface area (Å²) in [5, 5.41) is 0. The minimum atomic E-state index is 0.249. The summed E-state index contributed by atoms with van der Waals surface area (Å²) in [6, 6.07) is 8.06. The molecular weight excluding hydrogens is 202 g/mol.